The summed E-state index contributed by atoms with van der Waals surface area (Å²) in [5, 5.41) is 0. The number of rotatable bonds is 11. The quantitative estimate of drug-likeness (QED) is 0.374. The van der Waals surface area contributed by atoms with Gasteiger partial charge in [-0.05, 0) is 19.3 Å². The summed E-state index contributed by atoms with van der Waals surface area (Å²) in [5.74, 6) is 0. The Bertz CT molecular complexity index is 222. The molecular weight excluding hydrogens is 204 g/mol. The van der Waals surface area contributed by atoms with Gasteiger partial charge in [-0.1, -0.05) is 88.5 Å². The van der Waals surface area contributed by atoms with Crippen LogP contribution in [0.5, 0.6) is 0 Å². The van der Waals surface area contributed by atoms with Crippen molar-refractivity contribution in [3.8, 4) is 0 Å². The molecule has 0 nitrogen and oxygen atoms in total. The van der Waals surface area contributed by atoms with Gasteiger partial charge >= 0.3 is 0 Å². The highest BCUT2D eigenvalue weighted by molar-refractivity contribution is 5.22. The summed E-state index contributed by atoms with van der Waals surface area (Å²) in [4.78, 5) is 0. The first kappa shape index (κ1) is 14.5. The molecule has 0 N–H and O–H groups in total. The van der Waals surface area contributed by atoms with E-state index in [1.165, 1.54) is 77.0 Å². The molecule has 0 spiro atoms. The van der Waals surface area contributed by atoms with Crippen molar-refractivity contribution in [3.63, 3.8) is 0 Å². The zero-order valence-corrected chi connectivity index (χ0v) is 11.7. The van der Waals surface area contributed by atoms with Crippen LogP contribution in [0.1, 0.15) is 84.0 Å². The lowest BCUT2D eigenvalue weighted by Gasteiger charge is -2.03. The molecule has 0 aliphatic heterocycles. The molecule has 0 aromatic rings. The average Bonchev–Trinajstić information content (AvgIpc) is 2.85. The standard InChI is InChI=1S/C17H30/c1-2-3-4-5-6-7-8-9-10-11-14-17-15-12-13-16-17/h12-13,15H,2-11,14,16H2,1H3. The maximum Gasteiger partial charge on any atom is -0.0133 e. The minimum atomic E-state index is 1.22. The van der Waals surface area contributed by atoms with Crippen molar-refractivity contribution in [2.45, 2.75) is 84.0 Å². The van der Waals surface area contributed by atoms with Gasteiger partial charge in [0.2, 0.25) is 0 Å². The fraction of sp³-hybridized carbons (Fsp3) is 0.765. The molecule has 0 bridgehead atoms. The van der Waals surface area contributed by atoms with E-state index >= 15 is 0 Å². The second-order valence-corrected chi connectivity index (χ2v) is 5.39. The predicted molar refractivity (Wildman–Crippen MR) is 78.3 cm³/mol. The molecule has 98 valence electrons. The Hall–Kier alpha value is -0.520. The van der Waals surface area contributed by atoms with Crippen LogP contribution in [-0.2, 0) is 0 Å². The Morgan fingerprint density at radius 2 is 1.41 bits per heavy atom. The SMILES string of the molecule is CCCCCCCCCCCCC1=CC=CC1. The number of hydrogen-bond acceptors (Lipinski definition) is 0. The van der Waals surface area contributed by atoms with Crippen LogP contribution in [0.25, 0.3) is 0 Å². The third-order valence-electron chi connectivity index (χ3n) is 3.70. The van der Waals surface area contributed by atoms with Gasteiger partial charge in [-0.3, -0.25) is 0 Å². The lowest BCUT2D eigenvalue weighted by Crippen LogP contribution is -1.83. The highest BCUT2D eigenvalue weighted by Crippen LogP contribution is 2.18. The second-order valence-electron chi connectivity index (χ2n) is 5.39. The van der Waals surface area contributed by atoms with Crippen LogP contribution >= 0.6 is 0 Å². The summed E-state index contributed by atoms with van der Waals surface area (Å²) in [6.07, 6.45) is 23.7. The van der Waals surface area contributed by atoms with Gasteiger partial charge in [-0.15, -0.1) is 0 Å². The van der Waals surface area contributed by atoms with Gasteiger partial charge < -0.3 is 0 Å². The van der Waals surface area contributed by atoms with E-state index in [4.69, 9.17) is 0 Å². The molecular formula is C17H30. The summed E-state index contributed by atoms with van der Waals surface area (Å²) in [5.41, 5.74) is 1.64. The monoisotopic (exact) mass is 234 g/mol. The predicted octanol–water partition coefficient (Wildman–Crippen LogP) is 6.18. The minimum absolute atomic E-state index is 1.22. The van der Waals surface area contributed by atoms with E-state index in [2.05, 4.69) is 25.2 Å². The second kappa shape index (κ2) is 10.6. The Morgan fingerprint density at radius 1 is 0.824 bits per heavy atom. The van der Waals surface area contributed by atoms with Gasteiger partial charge in [0.15, 0.2) is 0 Å². The maximum atomic E-state index is 2.30. The highest BCUT2D eigenvalue weighted by atomic mass is 14.0. The molecule has 0 heteroatoms. The third-order valence-corrected chi connectivity index (χ3v) is 3.70. The molecule has 0 atom stereocenters. The number of hydrogen-bond donors (Lipinski definition) is 0. The highest BCUT2D eigenvalue weighted by Gasteiger charge is 1.98. The number of allylic oxidation sites excluding steroid dienone is 4. The van der Waals surface area contributed by atoms with Crippen molar-refractivity contribution in [2.24, 2.45) is 0 Å². The van der Waals surface area contributed by atoms with Crippen LogP contribution < -0.4 is 0 Å². The Morgan fingerprint density at radius 3 is 1.94 bits per heavy atom. The molecule has 0 saturated carbocycles. The molecule has 1 rings (SSSR count). The molecule has 0 fully saturated rings. The summed E-state index contributed by atoms with van der Waals surface area (Å²) in [6, 6.07) is 0. The van der Waals surface area contributed by atoms with Crippen molar-refractivity contribution in [3.05, 3.63) is 23.8 Å². The van der Waals surface area contributed by atoms with Crippen molar-refractivity contribution >= 4 is 0 Å². The van der Waals surface area contributed by atoms with Crippen LogP contribution in [0.3, 0.4) is 0 Å². The molecule has 17 heavy (non-hydrogen) atoms. The van der Waals surface area contributed by atoms with Crippen molar-refractivity contribution in [1.29, 1.82) is 0 Å². The smallest absolute Gasteiger partial charge is 0.0133 e. The van der Waals surface area contributed by atoms with Crippen LogP contribution in [0, 0.1) is 0 Å². The summed E-state index contributed by atoms with van der Waals surface area (Å²) in [7, 11) is 0. The van der Waals surface area contributed by atoms with Crippen LogP contribution in [0.4, 0.5) is 0 Å². The van der Waals surface area contributed by atoms with Crippen LogP contribution in [0.2, 0.25) is 0 Å². The van der Waals surface area contributed by atoms with Crippen LogP contribution in [-0.4, -0.2) is 0 Å². The molecule has 0 radical (unpaired) electrons. The van der Waals surface area contributed by atoms with E-state index in [9.17, 15) is 0 Å². The van der Waals surface area contributed by atoms with Crippen molar-refractivity contribution in [2.75, 3.05) is 0 Å². The zero-order chi connectivity index (χ0) is 12.2. The summed E-state index contributed by atoms with van der Waals surface area (Å²) >= 11 is 0. The Kier molecular flexibility index (Phi) is 9.09. The maximum absolute atomic E-state index is 2.30. The fourth-order valence-corrected chi connectivity index (χ4v) is 2.52. The zero-order valence-electron chi connectivity index (χ0n) is 11.7. The Labute approximate surface area is 108 Å². The summed E-state index contributed by atoms with van der Waals surface area (Å²) < 4.78 is 0. The third kappa shape index (κ3) is 8.24. The average molecular weight is 234 g/mol. The van der Waals surface area contributed by atoms with Gasteiger partial charge in [0, 0.05) is 0 Å². The lowest BCUT2D eigenvalue weighted by atomic mass is 10.0. The van der Waals surface area contributed by atoms with Gasteiger partial charge in [-0.2, -0.15) is 0 Å². The first-order valence-electron chi connectivity index (χ1n) is 7.78. The van der Waals surface area contributed by atoms with Crippen molar-refractivity contribution in [1.82, 2.24) is 0 Å². The largest absolute Gasteiger partial charge is 0.0805 e. The first-order valence-corrected chi connectivity index (χ1v) is 7.78. The van der Waals surface area contributed by atoms with E-state index in [-0.39, 0.29) is 0 Å². The van der Waals surface area contributed by atoms with Gasteiger partial charge in [-0.25, -0.2) is 0 Å². The molecule has 0 amide bonds. The van der Waals surface area contributed by atoms with Gasteiger partial charge in [0.1, 0.15) is 0 Å². The molecule has 0 saturated heterocycles. The van der Waals surface area contributed by atoms with E-state index in [0.29, 0.717) is 0 Å². The van der Waals surface area contributed by atoms with Gasteiger partial charge in [0.05, 0.1) is 0 Å². The topological polar surface area (TPSA) is 0 Å². The molecule has 1 aliphatic rings. The fourth-order valence-electron chi connectivity index (χ4n) is 2.52. The Balaban J connectivity index is 1.72. The summed E-state index contributed by atoms with van der Waals surface area (Å²) in [6.45, 7) is 2.29. The first-order chi connectivity index (χ1) is 8.43. The van der Waals surface area contributed by atoms with Gasteiger partial charge in [0.25, 0.3) is 0 Å². The van der Waals surface area contributed by atoms with E-state index in [1.807, 2.05) is 0 Å². The molecule has 0 unspecified atom stereocenters. The minimum Gasteiger partial charge on any atom is -0.0805 e. The molecule has 1 aliphatic carbocycles. The molecule has 0 aromatic heterocycles. The number of unbranched alkanes of at least 4 members (excludes halogenated alkanes) is 9. The molecule has 0 aromatic carbocycles. The molecule has 0 heterocycles. The normalized spacial score (nSPS) is 14.3. The van der Waals surface area contributed by atoms with Crippen LogP contribution in [0.15, 0.2) is 23.8 Å². The van der Waals surface area contributed by atoms with Crippen molar-refractivity contribution < 1.29 is 0 Å². The van der Waals surface area contributed by atoms with E-state index in [0.717, 1.165) is 0 Å². The van der Waals surface area contributed by atoms with E-state index < -0.39 is 0 Å². The lowest BCUT2D eigenvalue weighted by molar-refractivity contribution is 0.555. The van der Waals surface area contributed by atoms with E-state index in [1.54, 1.807) is 5.57 Å².